The van der Waals surface area contributed by atoms with E-state index in [1.165, 1.54) is 7.11 Å². The van der Waals surface area contributed by atoms with Crippen molar-refractivity contribution in [2.45, 2.75) is 6.42 Å². The molecule has 1 aromatic heterocycles. The van der Waals surface area contributed by atoms with E-state index in [9.17, 15) is 0 Å². The maximum Gasteiger partial charge on any atom is 0.238 e. The van der Waals surface area contributed by atoms with Crippen LogP contribution in [0.1, 0.15) is 5.56 Å². The molecule has 0 fully saturated rings. The molecule has 0 unspecified atom stereocenters. The molecular formula is C14H15Cl2N3O. The van der Waals surface area contributed by atoms with E-state index >= 15 is 0 Å². The van der Waals surface area contributed by atoms with Crippen LogP contribution in [0.25, 0.3) is 0 Å². The van der Waals surface area contributed by atoms with Gasteiger partial charge in [-0.3, -0.25) is 0 Å². The Morgan fingerprint density at radius 1 is 1.25 bits per heavy atom. The van der Waals surface area contributed by atoms with Gasteiger partial charge in [0.05, 0.1) is 12.8 Å². The van der Waals surface area contributed by atoms with E-state index in [0.29, 0.717) is 34.0 Å². The number of hydrogen-bond donors (Lipinski definition) is 2. The van der Waals surface area contributed by atoms with Gasteiger partial charge in [-0.15, -0.1) is 0 Å². The predicted molar refractivity (Wildman–Crippen MR) is 83.9 cm³/mol. The highest BCUT2D eigenvalue weighted by Crippen LogP contribution is 2.22. The van der Waals surface area contributed by atoms with Crippen molar-refractivity contribution < 1.29 is 4.74 Å². The highest BCUT2D eigenvalue weighted by atomic mass is 35.5. The van der Waals surface area contributed by atoms with E-state index in [0.717, 1.165) is 12.0 Å². The number of anilines is 2. The molecule has 0 aliphatic carbocycles. The summed E-state index contributed by atoms with van der Waals surface area (Å²) in [6.07, 6.45) is 0.768. The average Bonchev–Trinajstić information content (AvgIpc) is 2.43. The van der Waals surface area contributed by atoms with Gasteiger partial charge in [0.15, 0.2) is 0 Å². The largest absolute Gasteiger partial charge is 0.479 e. The van der Waals surface area contributed by atoms with Crippen molar-refractivity contribution in [2.24, 2.45) is 0 Å². The van der Waals surface area contributed by atoms with Gasteiger partial charge in [-0.1, -0.05) is 29.3 Å². The zero-order valence-electron chi connectivity index (χ0n) is 11.0. The van der Waals surface area contributed by atoms with Crippen LogP contribution in [0.4, 0.5) is 11.5 Å². The molecule has 2 aromatic rings. The van der Waals surface area contributed by atoms with Crippen LogP contribution in [0.15, 0.2) is 30.3 Å². The van der Waals surface area contributed by atoms with E-state index in [-0.39, 0.29) is 0 Å². The smallest absolute Gasteiger partial charge is 0.238 e. The van der Waals surface area contributed by atoms with E-state index in [1.807, 2.05) is 12.1 Å². The van der Waals surface area contributed by atoms with Gasteiger partial charge in [0.2, 0.25) is 5.88 Å². The second-order valence-corrected chi connectivity index (χ2v) is 5.05. The molecule has 0 amide bonds. The molecular weight excluding hydrogens is 297 g/mol. The Bertz CT molecular complexity index is 605. The summed E-state index contributed by atoms with van der Waals surface area (Å²) in [5.74, 6) is 1.13. The third kappa shape index (κ3) is 3.68. The zero-order valence-corrected chi connectivity index (χ0v) is 12.5. The number of nitrogens with two attached hydrogens (primary N) is 1. The lowest BCUT2D eigenvalue weighted by atomic mass is 10.1. The molecule has 0 spiro atoms. The van der Waals surface area contributed by atoms with Gasteiger partial charge in [0.25, 0.3) is 0 Å². The zero-order chi connectivity index (χ0) is 14.5. The average molecular weight is 312 g/mol. The predicted octanol–water partition coefficient (Wildman–Crippen LogP) is 3.63. The molecule has 0 saturated heterocycles. The summed E-state index contributed by atoms with van der Waals surface area (Å²) < 4.78 is 5.07. The highest BCUT2D eigenvalue weighted by Gasteiger charge is 2.04. The molecule has 0 aliphatic rings. The van der Waals surface area contributed by atoms with Crippen molar-refractivity contribution in [3.8, 4) is 5.88 Å². The molecule has 4 nitrogen and oxygen atoms in total. The fraction of sp³-hybridized carbons (Fsp3) is 0.214. The van der Waals surface area contributed by atoms with Gasteiger partial charge in [-0.05, 0) is 36.2 Å². The lowest BCUT2D eigenvalue weighted by Gasteiger charge is -2.09. The SMILES string of the molecule is COc1nc(NCCc2ccc(Cl)cc2Cl)ccc1N. The molecule has 3 N–H and O–H groups in total. The molecule has 0 bridgehead atoms. The number of rotatable bonds is 5. The molecule has 106 valence electrons. The van der Waals surface area contributed by atoms with Gasteiger partial charge in [0.1, 0.15) is 5.82 Å². The highest BCUT2D eigenvalue weighted by molar-refractivity contribution is 6.35. The number of methoxy groups -OCH3 is 1. The Morgan fingerprint density at radius 2 is 2.05 bits per heavy atom. The van der Waals surface area contributed by atoms with Gasteiger partial charge in [0, 0.05) is 16.6 Å². The molecule has 0 aliphatic heterocycles. The number of nitrogens with zero attached hydrogens (tertiary/aromatic N) is 1. The maximum absolute atomic E-state index is 6.12. The molecule has 1 aromatic carbocycles. The van der Waals surface area contributed by atoms with Crippen molar-refractivity contribution in [1.29, 1.82) is 0 Å². The number of hydrogen-bond acceptors (Lipinski definition) is 4. The van der Waals surface area contributed by atoms with Gasteiger partial charge < -0.3 is 15.8 Å². The minimum absolute atomic E-state index is 0.416. The minimum atomic E-state index is 0.416. The molecule has 20 heavy (non-hydrogen) atoms. The maximum atomic E-state index is 6.12. The molecule has 0 radical (unpaired) electrons. The number of halogens is 2. The van der Waals surface area contributed by atoms with Crippen molar-refractivity contribution in [3.05, 3.63) is 45.9 Å². The van der Waals surface area contributed by atoms with E-state index in [1.54, 1.807) is 18.2 Å². The minimum Gasteiger partial charge on any atom is -0.479 e. The topological polar surface area (TPSA) is 60.2 Å². The van der Waals surface area contributed by atoms with Gasteiger partial charge >= 0.3 is 0 Å². The van der Waals surface area contributed by atoms with Crippen LogP contribution >= 0.6 is 23.2 Å². The molecule has 0 saturated carbocycles. The number of nitrogen functional groups attached to an aromatic ring is 1. The first-order valence-electron chi connectivity index (χ1n) is 6.08. The number of benzene rings is 1. The van der Waals surface area contributed by atoms with Crippen molar-refractivity contribution >= 4 is 34.7 Å². The monoisotopic (exact) mass is 311 g/mol. The molecule has 2 rings (SSSR count). The van der Waals surface area contributed by atoms with Crippen LogP contribution in [-0.2, 0) is 6.42 Å². The normalized spacial score (nSPS) is 10.3. The summed E-state index contributed by atoms with van der Waals surface area (Å²) in [6.45, 7) is 0.696. The Morgan fingerprint density at radius 3 is 2.75 bits per heavy atom. The Balaban J connectivity index is 1.96. The lowest BCUT2D eigenvalue weighted by molar-refractivity contribution is 0.401. The van der Waals surface area contributed by atoms with Crippen molar-refractivity contribution in [2.75, 3.05) is 24.7 Å². The quantitative estimate of drug-likeness (QED) is 0.885. The van der Waals surface area contributed by atoms with E-state index in [2.05, 4.69) is 10.3 Å². The summed E-state index contributed by atoms with van der Waals surface area (Å²) in [5, 5.41) is 4.50. The first-order chi connectivity index (χ1) is 9.60. The van der Waals surface area contributed by atoms with Crippen LogP contribution < -0.4 is 15.8 Å². The van der Waals surface area contributed by atoms with Crippen molar-refractivity contribution in [3.63, 3.8) is 0 Å². The summed E-state index contributed by atoms with van der Waals surface area (Å²) in [6, 6.07) is 9.05. The Hall–Kier alpha value is -1.65. The van der Waals surface area contributed by atoms with Crippen LogP contribution in [0.3, 0.4) is 0 Å². The lowest BCUT2D eigenvalue weighted by Crippen LogP contribution is -2.07. The van der Waals surface area contributed by atoms with E-state index < -0.39 is 0 Å². The molecule has 6 heteroatoms. The van der Waals surface area contributed by atoms with Crippen LogP contribution in [0.2, 0.25) is 10.0 Å². The number of pyridine rings is 1. The van der Waals surface area contributed by atoms with E-state index in [4.69, 9.17) is 33.7 Å². The summed E-state index contributed by atoms with van der Waals surface area (Å²) in [5.41, 5.74) is 7.25. The van der Waals surface area contributed by atoms with Gasteiger partial charge in [-0.2, -0.15) is 4.98 Å². The fourth-order valence-electron chi connectivity index (χ4n) is 1.76. The Labute approximate surface area is 127 Å². The standard InChI is InChI=1S/C14H15Cl2N3O/c1-20-14-12(17)4-5-13(19-14)18-7-6-9-2-3-10(15)8-11(9)16/h2-5,8H,6-7,17H2,1H3,(H,18,19). The van der Waals surface area contributed by atoms with Crippen LogP contribution in [0, 0.1) is 0 Å². The first-order valence-corrected chi connectivity index (χ1v) is 6.84. The number of ether oxygens (including phenoxy) is 1. The second kappa shape index (κ2) is 6.68. The first kappa shape index (κ1) is 14.8. The second-order valence-electron chi connectivity index (χ2n) is 4.21. The third-order valence-electron chi connectivity index (χ3n) is 2.80. The van der Waals surface area contributed by atoms with Crippen LogP contribution in [0.5, 0.6) is 5.88 Å². The summed E-state index contributed by atoms with van der Waals surface area (Å²) >= 11 is 12.0. The number of aromatic nitrogens is 1. The molecule has 0 atom stereocenters. The van der Waals surface area contributed by atoms with Gasteiger partial charge in [-0.25, -0.2) is 0 Å². The van der Waals surface area contributed by atoms with Crippen molar-refractivity contribution in [1.82, 2.24) is 4.98 Å². The Kier molecular flexibility index (Phi) is 4.93. The summed E-state index contributed by atoms with van der Waals surface area (Å²) in [7, 11) is 1.54. The fourth-order valence-corrected chi connectivity index (χ4v) is 2.27. The third-order valence-corrected chi connectivity index (χ3v) is 3.39. The number of nitrogens with one attached hydrogen (secondary N) is 1. The molecule has 1 heterocycles. The summed E-state index contributed by atoms with van der Waals surface area (Å²) in [4.78, 5) is 4.25. The van der Waals surface area contributed by atoms with Crippen LogP contribution in [-0.4, -0.2) is 18.6 Å².